The Morgan fingerprint density at radius 2 is 2.64 bits per heavy atom. The van der Waals surface area contributed by atoms with Gasteiger partial charge in [0.25, 0.3) is 0 Å². The highest BCUT2D eigenvalue weighted by Gasteiger charge is 2.25. The van der Waals surface area contributed by atoms with Gasteiger partial charge in [0.15, 0.2) is 0 Å². The lowest BCUT2D eigenvalue weighted by atomic mass is 10.1. The molecule has 0 bridgehead atoms. The number of carbonyl (C=O) groups is 1. The van der Waals surface area contributed by atoms with E-state index in [1.54, 1.807) is 6.92 Å². The zero-order valence-electron chi connectivity index (χ0n) is 6.67. The minimum atomic E-state index is -0.182. The van der Waals surface area contributed by atoms with Crippen molar-refractivity contribution in [3.63, 3.8) is 0 Å². The molecule has 1 rings (SSSR count). The first kappa shape index (κ1) is 8.11. The fourth-order valence-electron chi connectivity index (χ4n) is 1.22. The molecular weight excluding hydrogens is 142 g/mol. The minimum Gasteiger partial charge on any atom is -0.465 e. The monoisotopic (exact) mass is 155 g/mol. The first-order chi connectivity index (χ1) is 5.25. The van der Waals surface area contributed by atoms with Gasteiger partial charge in [-0.25, -0.2) is 0 Å². The second-order valence-electron chi connectivity index (χ2n) is 2.59. The first-order valence-corrected chi connectivity index (χ1v) is 3.88. The molecule has 0 amide bonds. The largest absolute Gasteiger partial charge is 0.465 e. The van der Waals surface area contributed by atoms with E-state index < -0.39 is 0 Å². The zero-order chi connectivity index (χ0) is 8.27. The Morgan fingerprint density at radius 1 is 1.91 bits per heavy atom. The molecule has 0 fully saturated rings. The molecule has 11 heavy (non-hydrogen) atoms. The molecule has 3 nitrogen and oxygen atoms in total. The van der Waals surface area contributed by atoms with Crippen molar-refractivity contribution >= 4 is 5.97 Å². The summed E-state index contributed by atoms with van der Waals surface area (Å²) in [6, 6.07) is 0. The van der Waals surface area contributed by atoms with Gasteiger partial charge in [-0.1, -0.05) is 6.08 Å². The SMILES string of the molecule is CCOC(=O)[C@H]1CCC=C1N. The van der Waals surface area contributed by atoms with Crippen LogP contribution >= 0.6 is 0 Å². The Bertz CT molecular complexity index is 187. The van der Waals surface area contributed by atoms with Gasteiger partial charge in [-0.2, -0.15) is 0 Å². The van der Waals surface area contributed by atoms with Crippen molar-refractivity contribution in [2.45, 2.75) is 19.8 Å². The van der Waals surface area contributed by atoms with Crippen LogP contribution in [0.3, 0.4) is 0 Å². The van der Waals surface area contributed by atoms with Crippen LogP contribution < -0.4 is 5.73 Å². The standard InChI is InChI=1S/C8H13NO2/c1-2-11-8(10)6-4-3-5-7(6)9/h5-6H,2-4,9H2,1H3/t6-/m0/s1. The molecule has 1 aliphatic rings. The van der Waals surface area contributed by atoms with Crippen LogP contribution in [0.5, 0.6) is 0 Å². The number of rotatable bonds is 2. The van der Waals surface area contributed by atoms with Gasteiger partial charge in [0.2, 0.25) is 0 Å². The van der Waals surface area contributed by atoms with Gasteiger partial charge in [0.1, 0.15) is 0 Å². The Morgan fingerprint density at radius 3 is 3.09 bits per heavy atom. The van der Waals surface area contributed by atoms with Crippen molar-refractivity contribution in [2.75, 3.05) is 6.61 Å². The van der Waals surface area contributed by atoms with E-state index in [9.17, 15) is 4.79 Å². The third kappa shape index (κ3) is 1.73. The van der Waals surface area contributed by atoms with Crippen LogP contribution in [0.25, 0.3) is 0 Å². The maximum absolute atomic E-state index is 11.1. The van der Waals surface area contributed by atoms with Crippen LogP contribution in [0.15, 0.2) is 11.8 Å². The van der Waals surface area contributed by atoms with E-state index in [0.29, 0.717) is 12.3 Å². The molecule has 1 atom stereocenters. The summed E-state index contributed by atoms with van der Waals surface area (Å²) >= 11 is 0. The number of nitrogens with two attached hydrogens (primary N) is 1. The second-order valence-corrected chi connectivity index (χ2v) is 2.59. The minimum absolute atomic E-state index is 0.171. The summed E-state index contributed by atoms with van der Waals surface area (Å²) in [7, 11) is 0. The van der Waals surface area contributed by atoms with E-state index >= 15 is 0 Å². The van der Waals surface area contributed by atoms with Gasteiger partial charge in [-0.05, 0) is 19.8 Å². The van der Waals surface area contributed by atoms with Crippen LogP contribution in [-0.4, -0.2) is 12.6 Å². The summed E-state index contributed by atoms with van der Waals surface area (Å²) in [6.45, 7) is 2.23. The third-order valence-electron chi connectivity index (χ3n) is 1.81. The fourth-order valence-corrected chi connectivity index (χ4v) is 1.22. The zero-order valence-corrected chi connectivity index (χ0v) is 6.67. The summed E-state index contributed by atoms with van der Waals surface area (Å²) in [5.74, 6) is -0.353. The van der Waals surface area contributed by atoms with Crippen LogP contribution in [-0.2, 0) is 9.53 Å². The van der Waals surface area contributed by atoms with Gasteiger partial charge < -0.3 is 10.5 Å². The molecule has 0 saturated heterocycles. The molecule has 0 unspecified atom stereocenters. The Balaban J connectivity index is 2.48. The van der Waals surface area contributed by atoms with Crippen molar-refractivity contribution in [1.29, 1.82) is 0 Å². The molecule has 0 heterocycles. The lowest BCUT2D eigenvalue weighted by molar-refractivity contribution is -0.146. The van der Waals surface area contributed by atoms with Crippen LogP contribution in [0.1, 0.15) is 19.8 Å². The maximum Gasteiger partial charge on any atom is 0.314 e. The average molecular weight is 155 g/mol. The van der Waals surface area contributed by atoms with Crippen LogP contribution in [0.4, 0.5) is 0 Å². The highest BCUT2D eigenvalue weighted by Crippen LogP contribution is 2.22. The van der Waals surface area contributed by atoms with Crippen molar-refractivity contribution in [1.82, 2.24) is 0 Å². The molecule has 0 aromatic heterocycles. The molecule has 2 N–H and O–H groups in total. The highest BCUT2D eigenvalue weighted by atomic mass is 16.5. The van der Waals surface area contributed by atoms with E-state index in [1.165, 1.54) is 0 Å². The second kappa shape index (κ2) is 3.42. The number of allylic oxidation sites excluding steroid dienone is 1. The molecule has 0 aromatic carbocycles. The molecule has 3 heteroatoms. The lowest BCUT2D eigenvalue weighted by Gasteiger charge is -2.09. The number of esters is 1. The third-order valence-corrected chi connectivity index (χ3v) is 1.81. The van der Waals surface area contributed by atoms with Crippen molar-refractivity contribution in [2.24, 2.45) is 11.7 Å². The number of carbonyl (C=O) groups excluding carboxylic acids is 1. The van der Waals surface area contributed by atoms with E-state index in [-0.39, 0.29) is 11.9 Å². The van der Waals surface area contributed by atoms with Crippen molar-refractivity contribution in [3.8, 4) is 0 Å². The predicted molar refractivity (Wildman–Crippen MR) is 41.6 cm³/mol. The van der Waals surface area contributed by atoms with Crippen molar-refractivity contribution < 1.29 is 9.53 Å². The average Bonchev–Trinajstić information content (AvgIpc) is 2.36. The van der Waals surface area contributed by atoms with E-state index in [4.69, 9.17) is 10.5 Å². The molecule has 0 saturated carbocycles. The number of hydrogen-bond acceptors (Lipinski definition) is 3. The van der Waals surface area contributed by atoms with Gasteiger partial charge in [0.05, 0.1) is 12.5 Å². The molecular formula is C8H13NO2. The number of ether oxygens (including phenoxy) is 1. The molecule has 1 aliphatic carbocycles. The van der Waals surface area contributed by atoms with Crippen LogP contribution in [0.2, 0.25) is 0 Å². The van der Waals surface area contributed by atoms with Crippen LogP contribution in [0, 0.1) is 5.92 Å². The van der Waals surface area contributed by atoms with Crippen molar-refractivity contribution in [3.05, 3.63) is 11.8 Å². The molecule has 0 aliphatic heterocycles. The Hall–Kier alpha value is -0.990. The number of hydrogen-bond donors (Lipinski definition) is 1. The first-order valence-electron chi connectivity index (χ1n) is 3.88. The van der Waals surface area contributed by atoms with Gasteiger partial charge >= 0.3 is 5.97 Å². The summed E-state index contributed by atoms with van der Waals surface area (Å²) in [5, 5.41) is 0. The molecule has 0 radical (unpaired) electrons. The quantitative estimate of drug-likeness (QED) is 0.600. The Labute approximate surface area is 66.2 Å². The van der Waals surface area contributed by atoms with Gasteiger partial charge in [-0.15, -0.1) is 0 Å². The normalized spacial score (nSPS) is 23.0. The topological polar surface area (TPSA) is 52.3 Å². The summed E-state index contributed by atoms with van der Waals surface area (Å²) in [5.41, 5.74) is 6.24. The van der Waals surface area contributed by atoms with Gasteiger partial charge in [0, 0.05) is 5.70 Å². The highest BCUT2D eigenvalue weighted by molar-refractivity contribution is 5.76. The summed E-state index contributed by atoms with van der Waals surface area (Å²) in [6.07, 6.45) is 3.60. The van der Waals surface area contributed by atoms with E-state index in [1.807, 2.05) is 6.08 Å². The maximum atomic E-state index is 11.1. The fraction of sp³-hybridized carbons (Fsp3) is 0.625. The molecule has 0 aromatic rings. The summed E-state index contributed by atoms with van der Waals surface area (Å²) < 4.78 is 4.84. The van der Waals surface area contributed by atoms with E-state index in [2.05, 4.69) is 0 Å². The molecule has 62 valence electrons. The smallest absolute Gasteiger partial charge is 0.314 e. The lowest BCUT2D eigenvalue weighted by Crippen LogP contribution is -2.20. The molecule has 0 spiro atoms. The Kier molecular flexibility index (Phi) is 2.52. The predicted octanol–water partition coefficient (Wildman–Crippen LogP) is 0.802. The van der Waals surface area contributed by atoms with E-state index in [0.717, 1.165) is 12.8 Å². The summed E-state index contributed by atoms with van der Waals surface area (Å²) in [4.78, 5) is 11.1. The van der Waals surface area contributed by atoms with Gasteiger partial charge in [-0.3, -0.25) is 4.79 Å².